The van der Waals surface area contributed by atoms with Crippen LogP contribution in [0.5, 0.6) is 0 Å². The van der Waals surface area contributed by atoms with Gasteiger partial charge in [-0.15, -0.1) is 0 Å². The summed E-state index contributed by atoms with van der Waals surface area (Å²) in [5.41, 5.74) is 17.3. The van der Waals surface area contributed by atoms with Crippen molar-refractivity contribution in [1.82, 2.24) is 10.3 Å². The molecule has 51 heavy (non-hydrogen) atoms. The predicted octanol–water partition coefficient (Wildman–Crippen LogP) is 12.7. The zero-order valence-corrected chi connectivity index (χ0v) is 30.5. The quantitative estimate of drug-likeness (QED) is 0.151. The van der Waals surface area contributed by atoms with Crippen LogP contribution in [-0.4, -0.2) is 11.7 Å². The number of allylic oxidation sites excluding steroid dienone is 4. The normalized spacial score (nSPS) is 17.5. The Morgan fingerprint density at radius 2 is 1.67 bits per heavy atom. The zero-order valence-electron chi connectivity index (χ0n) is 30.5. The Labute approximate surface area is 304 Å². The Balaban J connectivity index is 1.22. The molecule has 0 spiro atoms. The molecule has 3 heteroatoms. The molecule has 2 aliphatic rings. The van der Waals surface area contributed by atoms with Crippen molar-refractivity contribution >= 4 is 41.0 Å². The van der Waals surface area contributed by atoms with E-state index in [1.54, 1.807) is 5.57 Å². The van der Waals surface area contributed by atoms with Crippen molar-refractivity contribution in [2.24, 2.45) is 10.9 Å². The summed E-state index contributed by atoms with van der Waals surface area (Å²) in [5, 5.41) is 5.14. The number of hydrogen-bond donors (Lipinski definition) is 1. The smallest absolute Gasteiger partial charge is 0.0971 e. The molecule has 1 aromatic heterocycles. The average Bonchev–Trinajstić information content (AvgIpc) is 3.18. The lowest BCUT2D eigenvalue weighted by molar-refractivity contribution is 0.484. The molecule has 0 saturated heterocycles. The van der Waals surface area contributed by atoms with Gasteiger partial charge < -0.3 is 5.32 Å². The third-order valence-corrected chi connectivity index (χ3v) is 10.9. The van der Waals surface area contributed by atoms with Gasteiger partial charge in [-0.25, -0.2) is 4.98 Å². The largest absolute Gasteiger partial charge is 0.377 e. The summed E-state index contributed by atoms with van der Waals surface area (Å²) in [4.78, 5) is 9.49. The number of aromatic nitrogens is 1. The van der Waals surface area contributed by atoms with E-state index in [2.05, 4.69) is 148 Å². The molecule has 0 fully saturated rings. The van der Waals surface area contributed by atoms with E-state index in [1.807, 2.05) is 18.2 Å². The first-order valence-electron chi connectivity index (χ1n) is 18.7. The first-order chi connectivity index (χ1) is 25.0. The lowest BCUT2D eigenvalue weighted by Crippen LogP contribution is -2.35. The number of rotatable bonds is 10. The maximum atomic E-state index is 5.02. The molecule has 1 aliphatic carbocycles. The van der Waals surface area contributed by atoms with Crippen LogP contribution >= 0.6 is 0 Å². The Hall–Kier alpha value is -5.28. The molecule has 4 aromatic carbocycles. The summed E-state index contributed by atoms with van der Waals surface area (Å²) in [6.07, 6.45) is 18.0. The van der Waals surface area contributed by atoms with E-state index in [0.29, 0.717) is 5.92 Å². The molecule has 2 unspecified atom stereocenters. The van der Waals surface area contributed by atoms with Crippen molar-refractivity contribution in [3.63, 3.8) is 0 Å². The summed E-state index contributed by atoms with van der Waals surface area (Å²) in [6, 6.07) is 32.7. The maximum Gasteiger partial charge on any atom is 0.0971 e. The third-order valence-electron chi connectivity index (χ3n) is 10.9. The molecule has 7 rings (SSSR count). The minimum absolute atomic E-state index is 0.0987. The number of benzene rings is 4. The van der Waals surface area contributed by atoms with Crippen LogP contribution in [0, 0.1) is 19.8 Å². The lowest BCUT2D eigenvalue weighted by Gasteiger charge is -2.40. The van der Waals surface area contributed by atoms with Gasteiger partial charge in [0.05, 0.1) is 22.9 Å². The van der Waals surface area contributed by atoms with Crippen LogP contribution in [0.2, 0.25) is 0 Å². The SMILES string of the molecule is C=Nc1c(/C=C\Cc2cccc(C3NC4=CCCCC4C(CC)=C3c3ccc(/C=C\CC)c(C)c3C)c2)ccc2ccc(-c3ccccc3)nc12. The highest BCUT2D eigenvalue weighted by atomic mass is 15.0. The van der Waals surface area contributed by atoms with Gasteiger partial charge in [-0.3, -0.25) is 4.99 Å². The van der Waals surface area contributed by atoms with E-state index in [0.717, 1.165) is 59.1 Å². The first kappa shape index (κ1) is 34.2. The molecule has 5 aromatic rings. The van der Waals surface area contributed by atoms with Crippen LogP contribution in [0.25, 0.3) is 39.9 Å². The highest BCUT2D eigenvalue weighted by molar-refractivity contribution is 5.95. The predicted molar refractivity (Wildman–Crippen MR) is 219 cm³/mol. The monoisotopic (exact) mass is 667 g/mol. The van der Waals surface area contributed by atoms with Gasteiger partial charge >= 0.3 is 0 Å². The zero-order chi connectivity index (χ0) is 35.3. The maximum absolute atomic E-state index is 5.02. The van der Waals surface area contributed by atoms with E-state index >= 15 is 0 Å². The van der Waals surface area contributed by atoms with Crippen LogP contribution < -0.4 is 5.32 Å². The van der Waals surface area contributed by atoms with Gasteiger partial charge in [0.2, 0.25) is 0 Å². The van der Waals surface area contributed by atoms with Crippen molar-refractivity contribution < 1.29 is 0 Å². The molecule has 0 amide bonds. The van der Waals surface area contributed by atoms with Crippen molar-refractivity contribution in [3.8, 4) is 11.3 Å². The highest BCUT2D eigenvalue weighted by Crippen LogP contribution is 2.47. The fourth-order valence-corrected chi connectivity index (χ4v) is 8.07. The van der Waals surface area contributed by atoms with Crippen LogP contribution in [0.3, 0.4) is 0 Å². The van der Waals surface area contributed by atoms with Crippen molar-refractivity contribution in [1.29, 1.82) is 0 Å². The number of nitrogens with one attached hydrogen (secondary N) is 1. The minimum atomic E-state index is 0.0987. The Bertz CT molecular complexity index is 2200. The highest BCUT2D eigenvalue weighted by Gasteiger charge is 2.35. The number of fused-ring (bicyclic) bond motifs is 2. The van der Waals surface area contributed by atoms with Gasteiger partial charge in [-0.1, -0.05) is 135 Å². The van der Waals surface area contributed by atoms with Gasteiger partial charge in [0, 0.05) is 28.1 Å². The van der Waals surface area contributed by atoms with Gasteiger partial charge in [-0.05, 0) is 104 Å². The van der Waals surface area contributed by atoms with Gasteiger partial charge in [0.15, 0.2) is 0 Å². The lowest BCUT2D eigenvalue weighted by atomic mass is 9.73. The Morgan fingerprint density at radius 1 is 0.863 bits per heavy atom. The third kappa shape index (κ3) is 6.90. The molecule has 1 N–H and O–H groups in total. The topological polar surface area (TPSA) is 37.3 Å². The molecule has 3 nitrogen and oxygen atoms in total. The molecular weight excluding hydrogens is 619 g/mol. The van der Waals surface area contributed by atoms with Crippen LogP contribution in [0.4, 0.5) is 5.69 Å². The summed E-state index contributed by atoms with van der Waals surface area (Å²) in [7, 11) is 0. The van der Waals surface area contributed by atoms with E-state index < -0.39 is 0 Å². The fourth-order valence-electron chi connectivity index (χ4n) is 8.07. The molecule has 0 bridgehead atoms. The summed E-state index contributed by atoms with van der Waals surface area (Å²) >= 11 is 0. The van der Waals surface area contributed by atoms with E-state index in [1.165, 1.54) is 57.5 Å². The second-order valence-electron chi connectivity index (χ2n) is 13.9. The van der Waals surface area contributed by atoms with Gasteiger partial charge in [0.1, 0.15) is 0 Å². The first-order valence-corrected chi connectivity index (χ1v) is 18.7. The van der Waals surface area contributed by atoms with E-state index in [-0.39, 0.29) is 6.04 Å². The van der Waals surface area contributed by atoms with E-state index in [4.69, 9.17) is 4.98 Å². The van der Waals surface area contributed by atoms with Crippen molar-refractivity contribution in [2.45, 2.75) is 72.3 Å². The molecular formula is C48H49N3. The summed E-state index contributed by atoms with van der Waals surface area (Å²) in [6.45, 7) is 13.1. The molecule has 2 atom stereocenters. The molecule has 2 heterocycles. The Morgan fingerprint density at radius 3 is 2.47 bits per heavy atom. The summed E-state index contributed by atoms with van der Waals surface area (Å²) in [5.74, 6) is 0.480. The van der Waals surface area contributed by atoms with Crippen LogP contribution in [0.1, 0.15) is 90.9 Å². The molecule has 0 saturated carbocycles. The van der Waals surface area contributed by atoms with Crippen LogP contribution in [0.15, 0.2) is 125 Å². The molecule has 256 valence electrons. The van der Waals surface area contributed by atoms with E-state index in [9.17, 15) is 0 Å². The van der Waals surface area contributed by atoms with Gasteiger partial charge in [-0.2, -0.15) is 0 Å². The molecule has 1 aliphatic heterocycles. The number of aliphatic imine (C=N–C) groups is 1. The second-order valence-corrected chi connectivity index (χ2v) is 13.9. The average molecular weight is 668 g/mol. The minimum Gasteiger partial charge on any atom is -0.377 e. The standard InChI is InChI=1S/C48H49N3/c1-6-8-18-35-27-29-41(33(4)32(35)3)45-40(7-2)42-23-12-13-24-44(42)51-46(45)39-22-15-17-34(31-39)16-14-21-37-25-26-38-28-30-43(36-19-10-9-11-20-36)50-48(38)47(37)49-5/h8-11,14-15,17-22,24-31,42,46,51H,5-7,12-13,16,23H2,1-4H3/b18-8-,21-14-. The fraction of sp³-hybridized carbons (Fsp3) is 0.250. The van der Waals surface area contributed by atoms with Crippen molar-refractivity contribution in [3.05, 3.63) is 159 Å². The number of nitrogens with zero attached hydrogens (tertiary/aromatic N) is 2. The van der Waals surface area contributed by atoms with Gasteiger partial charge in [0.25, 0.3) is 0 Å². The van der Waals surface area contributed by atoms with Crippen molar-refractivity contribution in [2.75, 3.05) is 0 Å². The number of pyridine rings is 1. The van der Waals surface area contributed by atoms with Crippen LogP contribution in [-0.2, 0) is 6.42 Å². The molecule has 0 radical (unpaired) electrons. The number of hydrogen-bond acceptors (Lipinski definition) is 3. The second kappa shape index (κ2) is 15.3. The summed E-state index contributed by atoms with van der Waals surface area (Å²) < 4.78 is 0. The Kier molecular flexibility index (Phi) is 10.3.